The fourth-order valence-corrected chi connectivity index (χ4v) is 1.19. The maximum Gasteiger partial charge on any atom is 0.258 e. The van der Waals surface area contributed by atoms with Crippen molar-refractivity contribution in [2.24, 2.45) is 0 Å². The van der Waals surface area contributed by atoms with Gasteiger partial charge in [-0.05, 0) is 12.1 Å². The van der Waals surface area contributed by atoms with E-state index in [2.05, 4.69) is 15.5 Å². The summed E-state index contributed by atoms with van der Waals surface area (Å²) in [7, 11) is 0. The molecule has 0 unspecified atom stereocenters. The van der Waals surface area contributed by atoms with Gasteiger partial charge in [0.25, 0.3) is 5.91 Å². The molecule has 1 heterocycles. The first-order valence-corrected chi connectivity index (χ1v) is 4.42. The average Bonchev–Trinajstić information content (AvgIpc) is 2.70. The number of aromatic amines is 1. The maximum absolute atomic E-state index is 13.2. The summed E-state index contributed by atoms with van der Waals surface area (Å²) in [5.41, 5.74) is 0.191. The van der Waals surface area contributed by atoms with Crippen LogP contribution in [-0.2, 0) is 0 Å². The molecule has 0 spiro atoms. The number of aromatic nitrogens is 2. The van der Waals surface area contributed by atoms with E-state index >= 15 is 0 Å². The zero-order valence-electron chi connectivity index (χ0n) is 8.00. The van der Waals surface area contributed by atoms with Gasteiger partial charge in [0.2, 0.25) is 0 Å². The summed E-state index contributed by atoms with van der Waals surface area (Å²) in [6.45, 7) is 0. The Bertz CT molecular complexity index is 511. The largest absolute Gasteiger partial charge is 0.319 e. The first-order valence-electron chi connectivity index (χ1n) is 4.42. The van der Waals surface area contributed by atoms with Gasteiger partial charge in [-0.1, -0.05) is 0 Å². The monoisotopic (exact) mass is 223 g/mol. The predicted octanol–water partition coefficient (Wildman–Crippen LogP) is 1.94. The van der Waals surface area contributed by atoms with E-state index in [1.165, 1.54) is 12.4 Å². The molecule has 0 radical (unpaired) electrons. The number of nitrogens with zero attached hydrogens (tertiary/aromatic N) is 1. The Labute approximate surface area is 89.3 Å². The molecule has 1 aromatic carbocycles. The number of carbonyl (C=O) groups is 1. The fourth-order valence-electron chi connectivity index (χ4n) is 1.19. The van der Waals surface area contributed by atoms with Crippen molar-refractivity contribution in [1.82, 2.24) is 10.2 Å². The molecule has 0 atom stereocenters. The number of nitrogens with one attached hydrogen (secondary N) is 2. The molecule has 0 fully saturated rings. The van der Waals surface area contributed by atoms with Gasteiger partial charge in [0.05, 0.1) is 17.4 Å². The zero-order valence-corrected chi connectivity index (χ0v) is 8.00. The van der Waals surface area contributed by atoms with Crippen LogP contribution < -0.4 is 5.32 Å². The number of halogens is 2. The lowest BCUT2D eigenvalue weighted by Gasteiger charge is -2.03. The van der Waals surface area contributed by atoms with Crippen LogP contribution in [0.2, 0.25) is 0 Å². The maximum atomic E-state index is 13.2. The molecule has 1 aromatic heterocycles. The number of carbonyl (C=O) groups excluding carboxylic acids is 1. The quantitative estimate of drug-likeness (QED) is 0.817. The van der Waals surface area contributed by atoms with Crippen LogP contribution in [0.4, 0.5) is 14.5 Å². The van der Waals surface area contributed by atoms with Gasteiger partial charge < -0.3 is 5.32 Å². The minimum atomic E-state index is -0.902. The third-order valence-electron chi connectivity index (χ3n) is 1.93. The number of hydrogen-bond acceptors (Lipinski definition) is 2. The topological polar surface area (TPSA) is 57.8 Å². The molecule has 2 N–H and O–H groups in total. The number of benzene rings is 1. The molecule has 0 saturated heterocycles. The molecule has 4 nitrogen and oxygen atoms in total. The SMILES string of the molecule is O=C(Nc1cn[nH]c1)c1ccc(F)cc1F. The van der Waals surface area contributed by atoms with Crippen LogP contribution in [0.25, 0.3) is 0 Å². The average molecular weight is 223 g/mol. The summed E-state index contributed by atoms with van der Waals surface area (Å²) >= 11 is 0. The van der Waals surface area contributed by atoms with Gasteiger partial charge >= 0.3 is 0 Å². The second-order valence-electron chi connectivity index (χ2n) is 3.07. The van der Waals surface area contributed by atoms with Crippen LogP contribution in [0, 0.1) is 11.6 Å². The molecule has 0 saturated carbocycles. The standard InChI is InChI=1S/C10H7F2N3O/c11-6-1-2-8(9(12)3-6)10(16)15-7-4-13-14-5-7/h1-5H,(H,13,14)(H,15,16). The number of rotatable bonds is 2. The molecular weight excluding hydrogens is 216 g/mol. The number of H-pyrrole nitrogens is 1. The normalized spacial score (nSPS) is 10.1. The van der Waals surface area contributed by atoms with E-state index in [1.54, 1.807) is 0 Å². The molecular formula is C10H7F2N3O. The lowest BCUT2D eigenvalue weighted by molar-refractivity contribution is 0.102. The Morgan fingerprint density at radius 3 is 2.81 bits per heavy atom. The second-order valence-corrected chi connectivity index (χ2v) is 3.07. The van der Waals surface area contributed by atoms with Gasteiger partial charge in [0, 0.05) is 12.3 Å². The van der Waals surface area contributed by atoms with Crippen molar-refractivity contribution in [1.29, 1.82) is 0 Å². The minimum Gasteiger partial charge on any atom is -0.319 e. The van der Waals surface area contributed by atoms with Crippen LogP contribution in [-0.4, -0.2) is 16.1 Å². The molecule has 0 aliphatic carbocycles. The van der Waals surface area contributed by atoms with E-state index in [-0.39, 0.29) is 5.56 Å². The van der Waals surface area contributed by atoms with Gasteiger partial charge in [-0.2, -0.15) is 5.10 Å². The Hall–Kier alpha value is -2.24. The van der Waals surface area contributed by atoms with Gasteiger partial charge in [0.15, 0.2) is 0 Å². The highest BCUT2D eigenvalue weighted by molar-refractivity contribution is 6.04. The second kappa shape index (κ2) is 4.09. The summed E-state index contributed by atoms with van der Waals surface area (Å²) in [5, 5.41) is 8.51. The number of amides is 1. The summed E-state index contributed by atoms with van der Waals surface area (Å²) in [5.74, 6) is -2.28. The van der Waals surface area contributed by atoms with E-state index in [0.29, 0.717) is 11.8 Å². The summed E-state index contributed by atoms with van der Waals surface area (Å²) < 4.78 is 25.8. The van der Waals surface area contributed by atoms with Crippen molar-refractivity contribution in [3.05, 3.63) is 47.8 Å². The van der Waals surface area contributed by atoms with Crippen LogP contribution in [0.15, 0.2) is 30.6 Å². The molecule has 2 rings (SSSR count). The van der Waals surface area contributed by atoms with Crippen molar-refractivity contribution < 1.29 is 13.6 Å². The van der Waals surface area contributed by atoms with Crippen molar-refractivity contribution in [3.8, 4) is 0 Å². The van der Waals surface area contributed by atoms with Gasteiger partial charge in [-0.15, -0.1) is 0 Å². The third-order valence-corrected chi connectivity index (χ3v) is 1.93. The first kappa shape index (κ1) is 10.3. The van der Waals surface area contributed by atoms with E-state index in [0.717, 1.165) is 12.1 Å². The highest BCUT2D eigenvalue weighted by Crippen LogP contribution is 2.12. The number of anilines is 1. The zero-order chi connectivity index (χ0) is 11.5. The molecule has 0 aliphatic heterocycles. The van der Waals surface area contributed by atoms with E-state index < -0.39 is 17.5 Å². The molecule has 0 bridgehead atoms. The first-order chi connectivity index (χ1) is 7.66. The van der Waals surface area contributed by atoms with Crippen LogP contribution in [0.1, 0.15) is 10.4 Å². The van der Waals surface area contributed by atoms with Crippen LogP contribution in [0.5, 0.6) is 0 Å². The Morgan fingerprint density at radius 1 is 1.38 bits per heavy atom. The number of hydrogen-bond donors (Lipinski definition) is 2. The highest BCUT2D eigenvalue weighted by atomic mass is 19.1. The molecule has 16 heavy (non-hydrogen) atoms. The molecule has 82 valence electrons. The Morgan fingerprint density at radius 2 is 2.19 bits per heavy atom. The summed E-state index contributed by atoms with van der Waals surface area (Å²) in [6, 6.07) is 2.76. The van der Waals surface area contributed by atoms with Crippen molar-refractivity contribution >= 4 is 11.6 Å². The predicted molar refractivity (Wildman–Crippen MR) is 52.9 cm³/mol. The molecule has 1 amide bonds. The van der Waals surface area contributed by atoms with Gasteiger partial charge in [-0.25, -0.2) is 8.78 Å². The van der Waals surface area contributed by atoms with E-state index in [1.807, 2.05) is 0 Å². The summed E-state index contributed by atoms with van der Waals surface area (Å²) in [4.78, 5) is 11.5. The minimum absolute atomic E-state index is 0.220. The fraction of sp³-hybridized carbons (Fsp3) is 0. The van der Waals surface area contributed by atoms with Gasteiger partial charge in [0.1, 0.15) is 11.6 Å². The smallest absolute Gasteiger partial charge is 0.258 e. The van der Waals surface area contributed by atoms with Crippen LogP contribution >= 0.6 is 0 Å². The van der Waals surface area contributed by atoms with Crippen molar-refractivity contribution in [3.63, 3.8) is 0 Å². The van der Waals surface area contributed by atoms with Crippen molar-refractivity contribution in [2.45, 2.75) is 0 Å². The third kappa shape index (κ3) is 2.05. The molecule has 0 aliphatic rings. The summed E-state index contributed by atoms with van der Waals surface area (Å²) in [6.07, 6.45) is 2.82. The van der Waals surface area contributed by atoms with E-state index in [9.17, 15) is 13.6 Å². The highest BCUT2D eigenvalue weighted by Gasteiger charge is 2.12. The Balaban J connectivity index is 2.21. The molecule has 6 heteroatoms. The van der Waals surface area contributed by atoms with Crippen LogP contribution in [0.3, 0.4) is 0 Å². The Kier molecular flexibility index (Phi) is 2.63. The van der Waals surface area contributed by atoms with Gasteiger partial charge in [-0.3, -0.25) is 9.89 Å². The lowest BCUT2D eigenvalue weighted by Crippen LogP contribution is -2.13. The molecule has 2 aromatic rings. The van der Waals surface area contributed by atoms with Crippen molar-refractivity contribution in [2.75, 3.05) is 5.32 Å². The van der Waals surface area contributed by atoms with E-state index in [4.69, 9.17) is 0 Å². The lowest BCUT2D eigenvalue weighted by atomic mass is 10.2.